The Morgan fingerprint density at radius 2 is 1.56 bits per heavy atom. The van der Waals surface area contributed by atoms with Crippen LogP contribution >= 0.6 is 0 Å². The third-order valence-electron chi connectivity index (χ3n) is 9.05. The Balaban J connectivity index is 0.000000396. The van der Waals surface area contributed by atoms with Gasteiger partial charge in [0.15, 0.2) is 0 Å². The fourth-order valence-corrected chi connectivity index (χ4v) is 6.13. The second kappa shape index (κ2) is 19.6. The molecule has 6 heteroatoms. The minimum atomic E-state index is -0.564. The van der Waals surface area contributed by atoms with E-state index in [1.165, 1.54) is 35.1 Å². The Morgan fingerprint density at radius 1 is 0.958 bits per heavy atom. The summed E-state index contributed by atoms with van der Waals surface area (Å²) in [5.41, 5.74) is 6.95. The van der Waals surface area contributed by atoms with Gasteiger partial charge in [-0.2, -0.15) is 0 Å². The maximum Gasteiger partial charge on any atom is 0.243 e. The van der Waals surface area contributed by atoms with Crippen LogP contribution in [0.15, 0.2) is 109 Å². The largest absolute Gasteiger partial charge is 0.366 e. The molecule has 1 aliphatic heterocycles. The summed E-state index contributed by atoms with van der Waals surface area (Å²) in [6.07, 6.45) is 6.85. The van der Waals surface area contributed by atoms with E-state index in [4.69, 9.17) is 0 Å². The number of carbonyl (C=O) groups excluding carboxylic acids is 2. The van der Waals surface area contributed by atoms with Crippen LogP contribution in [0.2, 0.25) is 0 Å². The van der Waals surface area contributed by atoms with Crippen LogP contribution in [0.5, 0.6) is 0 Å². The average Bonchev–Trinajstić information content (AvgIpc) is 3.48. The lowest BCUT2D eigenvalue weighted by atomic mass is 10.0. The molecule has 3 aromatic carbocycles. The van der Waals surface area contributed by atoms with Gasteiger partial charge in [-0.15, -0.1) is 0 Å². The van der Waals surface area contributed by atoms with Crippen molar-refractivity contribution in [2.24, 2.45) is 5.92 Å². The van der Waals surface area contributed by atoms with Crippen LogP contribution in [0.25, 0.3) is 11.1 Å². The molecule has 1 N–H and O–H groups in total. The molecule has 0 bridgehead atoms. The smallest absolute Gasteiger partial charge is 0.243 e. The molecule has 0 spiro atoms. The second-order valence-electron chi connectivity index (χ2n) is 13.7. The van der Waals surface area contributed by atoms with Crippen molar-refractivity contribution in [2.45, 2.75) is 71.9 Å². The minimum Gasteiger partial charge on any atom is -0.366 e. The molecule has 1 saturated heterocycles. The summed E-state index contributed by atoms with van der Waals surface area (Å²) in [6, 6.07) is 28.9. The van der Waals surface area contributed by atoms with Gasteiger partial charge in [0.25, 0.3) is 0 Å². The lowest BCUT2D eigenvalue weighted by Crippen LogP contribution is -2.51. The molecule has 1 aliphatic rings. The van der Waals surface area contributed by atoms with E-state index >= 15 is 0 Å². The van der Waals surface area contributed by atoms with E-state index in [1.54, 1.807) is 11.9 Å². The number of hydrogen-bond acceptors (Lipinski definition) is 4. The second-order valence-corrected chi connectivity index (χ2v) is 13.7. The van der Waals surface area contributed by atoms with Gasteiger partial charge in [-0.25, -0.2) is 0 Å². The zero-order valence-electron chi connectivity index (χ0n) is 30.4. The highest BCUT2D eigenvalue weighted by Gasteiger charge is 2.28. The summed E-state index contributed by atoms with van der Waals surface area (Å²) >= 11 is 0. The first kappa shape index (κ1) is 38.3. The van der Waals surface area contributed by atoms with Crippen molar-refractivity contribution in [1.82, 2.24) is 20.0 Å². The summed E-state index contributed by atoms with van der Waals surface area (Å²) < 4.78 is 0. The Hall–Kier alpha value is -4.16. The van der Waals surface area contributed by atoms with E-state index in [1.807, 2.05) is 54.4 Å². The molecule has 258 valence electrons. The molecule has 0 radical (unpaired) electrons. The molecule has 2 atom stereocenters. The summed E-state index contributed by atoms with van der Waals surface area (Å²) in [5.74, 6) is 0.373. The summed E-state index contributed by atoms with van der Waals surface area (Å²) in [6.45, 7) is 14.6. The van der Waals surface area contributed by atoms with E-state index in [0.29, 0.717) is 24.9 Å². The molecule has 2 unspecified atom stereocenters. The highest BCUT2D eigenvalue weighted by molar-refractivity contribution is 5.88. The number of hydrogen-bond donors (Lipinski definition) is 1. The molecular weight excluding hydrogens is 592 g/mol. The Bertz CT molecular complexity index is 1450. The molecule has 3 aromatic rings. The number of aryl methyl sites for hydroxylation is 1. The van der Waals surface area contributed by atoms with Crippen LogP contribution in [0, 0.1) is 12.8 Å². The minimum absolute atomic E-state index is 0.0977. The van der Waals surface area contributed by atoms with Gasteiger partial charge in [-0.1, -0.05) is 116 Å². The SMILES string of the molecule is C=C(/C=C(\C)CC(C)C)N(C)CC(=O)N(C)C(Cc1ccccc1)C(=O)NCCC1CCCN1C.Cc1ccc(-c2ccccc2)cc1. The van der Waals surface area contributed by atoms with Crippen LogP contribution in [0.1, 0.15) is 57.6 Å². The van der Waals surface area contributed by atoms with Crippen molar-refractivity contribution in [3.8, 4) is 11.1 Å². The van der Waals surface area contributed by atoms with Gasteiger partial charge in [0.2, 0.25) is 11.8 Å². The Kier molecular flexibility index (Phi) is 15.6. The maximum absolute atomic E-state index is 13.3. The van der Waals surface area contributed by atoms with Crippen molar-refractivity contribution in [3.63, 3.8) is 0 Å². The monoisotopic (exact) mass is 650 g/mol. The van der Waals surface area contributed by atoms with E-state index in [9.17, 15) is 9.59 Å². The van der Waals surface area contributed by atoms with Gasteiger partial charge < -0.3 is 20.0 Å². The average molecular weight is 651 g/mol. The zero-order chi connectivity index (χ0) is 35.1. The summed E-state index contributed by atoms with van der Waals surface area (Å²) in [7, 11) is 5.75. The van der Waals surface area contributed by atoms with E-state index in [-0.39, 0.29) is 18.4 Å². The van der Waals surface area contributed by atoms with Crippen molar-refractivity contribution < 1.29 is 9.59 Å². The third kappa shape index (κ3) is 12.8. The number of likely N-dealkylation sites (N-methyl/N-ethyl adjacent to an activating group) is 2. The van der Waals surface area contributed by atoms with Crippen LogP contribution < -0.4 is 5.32 Å². The normalized spacial score (nSPS) is 15.3. The molecule has 0 aliphatic carbocycles. The molecule has 0 saturated carbocycles. The molecular formula is C42H58N4O2. The highest BCUT2D eigenvalue weighted by atomic mass is 16.2. The standard InChI is InChI=1S/C29H46N4O2.C13H12/c1-22(2)18-23(3)19-24(4)32(6)21-28(34)33(7)27(20-25-12-9-8-10-13-25)29(35)30-16-15-26-14-11-17-31(26)5;1-11-7-9-13(10-8-11)12-5-3-2-4-6-12/h8-10,12-13,19,22,26-27H,4,11,14-18,20-21H2,1-3,5-7H3,(H,30,35);2-10H,1H3/b23-19+;. The number of benzene rings is 3. The van der Waals surface area contributed by atoms with Crippen molar-refractivity contribution in [3.05, 3.63) is 120 Å². The van der Waals surface area contributed by atoms with E-state index in [0.717, 1.165) is 30.6 Å². The fraction of sp³-hybridized carbons (Fsp3) is 0.429. The van der Waals surface area contributed by atoms with Crippen LogP contribution in [-0.2, 0) is 16.0 Å². The van der Waals surface area contributed by atoms with Gasteiger partial charge in [-0.3, -0.25) is 9.59 Å². The predicted octanol–water partition coefficient (Wildman–Crippen LogP) is 7.76. The topological polar surface area (TPSA) is 55.9 Å². The van der Waals surface area contributed by atoms with Crippen LogP contribution in [-0.4, -0.2) is 79.4 Å². The number of allylic oxidation sites excluding steroid dienone is 2. The van der Waals surface area contributed by atoms with Crippen molar-refractivity contribution in [1.29, 1.82) is 0 Å². The molecule has 6 nitrogen and oxygen atoms in total. The summed E-state index contributed by atoms with van der Waals surface area (Å²) in [5, 5.41) is 3.11. The van der Waals surface area contributed by atoms with Crippen LogP contribution in [0.3, 0.4) is 0 Å². The number of nitrogens with zero attached hydrogens (tertiary/aromatic N) is 3. The molecule has 0 aromatic heterocycles. The zero-order valence-corrected chi connectivity index (χ0v) is 30.4. The van der Waals surface area contributed by atoms with Gasteiger partial charge in [0.05, 0.1) is 6.54 Å². The maximum atomic E-state index is 13.3. The first-order valence-electron chi connectivity index (χ1n) is 17.4. The van der Waals surface area contributed by atoms with Crippen molar-refractivity contribution in [2.75, 3.05) is 40.8 Å². The third-order valence-corrected chi connectivity index (χ3v) is 9.05. The quantitative estimate of drug-likeness (QED) is 0.181. The Morgan fingerprint density at radius 3 is 2.15 bits per heavy atom. The van der Waals surface area contributed by atoms with Crippen LogP contribution in [0.4, 0.5) is 0 Å². The van der Waals surface area contributed by atoms with Gasteiger partial charge in [-0.05, 0) is 81.8 Å². The number of carbonyl (C=O) groups is 2. The highest BCUT2D eigenvalue weighted by Crippen LogP contribution is 2.19. The molecule has 1 fully saturated rings. The number of amides is 2. The lowest BCUT2D eigenvalue weighted by molar-refractivity contribution is -0.139. The fourth-order valence-electron chi connectivity index (χ4n) is 6.13. The molecule has 1 heterocycles. The molecule has 48 heavy (non-hydrogen) atoms. The number of nitrogens with one attached hydrogen (secondary N) is 1. The molecule has 2 amide bonds. The predicted molar refractivity (Wildman–Crippen MR) is 202 cm³/mol. The first-order valence-corrected chi connectivity index (χ1v) is 17.4. The Labute approximate surface area is 290 Å². The first-order chi connectivity index (χ1) is 22.9. The lowest BCUT2D eigenvalue weighted by Gasteiger charge is -2.30. The number of rotatable bonds is 14. The van der Waals surface area contributed by atoms with E-state index in [2.05, 4.69) is 100 Å². The summed E-state index contributed by atoms with van der Waals surface area (Å²) in [4.78, 5) is 32.3. The number of likely N-dealkylation sites (tertiary alicyclic amines) is 1. The van der Waals surface area contributed by atoms with Gasteiger partial charge in [0, 0.05) is 38.8 Å². The van der Waals surface area contributed by atoms with Gasteiger partial charge >= 0.3 is 0 Å². The van der Waals surface area contributed by atoms with E-state index < -0.39 is 6.04 Å². The molecule has 4 rings (SSSR count). The van der Waals surface area contributed by atoms with Gasteiger partial charge in [0.1, 0.15) is 6.04 Å². The van der Waals surface area contributed by atoms with Crippen molar-refractivity contribution >= 4 is 11.8 Å².